The third-order valence-corrected chi connectivity index (χ3v) is 3.95. The minimum absolute atomic E-state index is 0.109. The van der Waals surface area contributed by atoms with E-state index in [0.717, 1.165) is 11.1 Å². The van der Waals surface area contributed by atoms with Crippen LogP contribution in [0.2, 0.25) is 0 Å². The van der Waals surface area contributed by atoms with Crippen molar-refractivity contribution in [3.05, 3.63) is 52.1 Å². The molecule has 3 rings (SSSR count). The molecule has 132 valence electrons. The molecule has 0 unspecified atom stereocenters. The van der Waals surface area contributed by atoms with E-state index in [1.54, 1.807) is 7.05 Å². The molecule has 0 aliphatic heterocycles. The monoisotopic (exact) mass is 342 g/mol. The first-order chi connectivity index (χ1) is 11.8. The van der Waals surface area contributed by atoms with Gasteiger partial charge in [-0.15, -0.1) is 5.10 Å². The van der Waals surface area contributed by atoms with Gasteiger partial charge in [-0.1, -0.05) is 12.1 Å². The quantitative estimate of drug-likeness (QED) is 0.722. The number of aromatic nitrogens is 6. The van der Waals surface area contributed by atoms with Crippen LogP contribution in [-0.2, 0) is 19.2 Å². The number of ether oxygens (including phenoxy) is 1. The molecule has 2 heterocycles. The summed E-state index contributed by atoms with van der Waals surface area (Å²) < 4.78 is 10.2. The highest BCUT2D eigenvalue weighted by atomic mass is 16.5. The Bertz CT molecular complexity index is 945. The molecule has 0 amide bonds. The SMILES string of the molecule is Cc1cccc(-n2nnn(C)c2=O)c1COc1ccn(C(C)(C)C)n1. The number of nitrogens with zero attached hydrogens (tertiary/aromatic N) is 6. The lowest BCUT2D eigenvalue weighted by Crippen LogP contribution is -2.23. The molecule has 2 aromatic heterocycles. The molecule has 8 heteroatoms. The maximum Gasteiger partial charge on any atom is 0.368 e. The fourth-order valence-corrected chi connectivity index (χ4v) is 2.44. The fraction of sp³-hybridized carbons (Fsp3) is 0.412. The number of benzene rings is 1. The second kappa shape index (κ2) is 6.19. The molecule has 0 radical (unpaired) electrons. The third-order valence-electron chi connectivity index (χ3n) is 3.95. The molecule has 0 aliphatic rings. The van der Waals surface area contributed by atoms with Gasteiger partial charge in [0, 0.05) is 24.9 Å². The summed E-state index contributed by atoms with van der Waals surface area (Å²) in [6, 6.07) is 7.51. The van der Waals surface area contributed by atoms with Crippen molar-refractivity contribution in [3.8, 4) is 11.6 Å². The standard InChI is InChI=1S/C17H22N6O2/c1-12-7-6-8-14(23-16(24)21(5)19-20-23)13(12)11-25-15-9-10-22(18-15)17(2,3)4/h6-10H,11H2,1-5H3. The Labute approximate surface area is 145 Å². The average molecular weight is 342 g/mol. The Morgan fingerprint density at radius 2 is 1.92 bits per heavy atom. The van der Waals surface area contributed by atoms with Gasteiger partial charge in [0.05, 0.1) is 11.2 Å². The summed E-state index contributed by atoms with van der Waals surface area (Å²) in [6.45, 7) is 8.47. The van der Waals surface area contributed by atoms with Gasteiger partial charge >= 0.3 is 5.69 Å². The molecule has 1 aromatic carbocycles. The summed E-state index contributed by atoms with van der Waals surface area (Å²) in [6.07, 6.45) is 1.89. The van der Waals surface area contributed by atoms with E-state index < -0.39 is 0 Å². The van der Waals surface area contributed by atoms with E-state index in [9.17, 15) is 4.79 Å². The largest absolute Gasteiger partial charge is 0.472 e. The topological polar surface area (TPSA) is 79.8 Å². The van der Waals surface area contributed by atoms with Crippen LogP contribution in [0.3, 0.4) is 0 Å². The van der Waals surface area contributed by atoms with Crippen LogP contribution in [0, 0.1) is 6.92 Å². The Morgan fingerprint density at radius 1 is 1.16 bits per heavy atom. The molecule has 0 saturated carbocycles. The molecule has 0 aliphatic carbocycles. The van der Waals surface area contributed by atoms with Gasteiger partial charge in [0.25, 0.3) is 0 Å². The van der Waals surface area contributed by atoms with Crippen molar-refractivity contribution in [3.63, 3.8) is 0 Å². The average Bonchev–Trinajstić information content (AvgIpc) is 3.14. The molecule has 0 bridgehead atoms. The number of hydrogen-bond acceptors (Lipinski definition) is 5. The van der Waals surface area contributed by atoms with E-state index >= 15 is 0 Å². The van der Waals surface area contributed by atoms with E-state index in [2.05, 4.69) is 36.3 Å². The highest BCUT2D eigenvalue weighted by Crippen LogP contribution is 2.21. The fourth-order valence-electron chi connectivity index (χ4n) is 2.44. The summed E-state index contributed by atoms with van der Waals surface area (Å²) in [7, 11) is 1.57. The second-order valence-corrected chi connectivity index (χ2v) is 6.93. The maximum absolute atomic E-state index is 12.2. The molecular weight excluding hydrogens is 320 g/mol. The van der Waals surface area contributed by atoms with Gasteiger partial charge in [-0.25, -0.2) is 4.79 Å². The normalized spacial score (nSPS) is 11.7. The van der Waals surface area contributed by atoms with Crippen molar-refractivity contribution < 1.29 is 4.74 Å². The molecule has 3 aromatic rings. The smallest absolute Gasteiger partial charge is 0.368 e. The highest BCUT2D eigenvalue weighted by molar-refractivity contribution is 5.44. The van der Waals surface area contributed by atoms with Crippen LogP contribution in [0.1, 0.15) is 31.9 Å². The van der Waals surface area contributed by atoms with Gasteiger partial charge in [0.1, 0.15) is 6.61 Å². The minimum atomic E-state index is -0.302. The van der Waals surface area contributed by atoms with Crippen LogP contribution in [0.5, 0.6) is 5.88 Å². The zero-order valence-corrected chi connectivity index (χ0v) is 15.1. The first-order valence-corrected chi connectivity index (χ1v) is 8.04. The van der Waals surface area contributed by atoms with E-state index in [4.69, 9.17) is 4.74 Å². The summed E-state index contributed by atoms with van der Waals surface area (Å²) in [5.74, 6) is 0.538. The van der Waals surface area contributed by atoms with Gasteiger partial charge in [0.15, 0.2) is 0 Å². The molecular formula is C17H22N6O2. The Hall–Kier alpha value is -2.90. The summed E-state index contributed by atoms with van der Waals surface area (Å²) in [5.41, 5.74) is 2.13. The summed E-state index contributed by atoms with van der Waals surface area (Å²) in [5, 5.41) is 12.1. The zero-order chi connectivity index (χ0) is 18.2. The van der Waals surface area contributed by atoms with Crippen LogP contribution >= 0.6 is 0 Å². The van der Waals surface area contributed by atoms with E-state index in [0.29, 0.717) is 11.6 Å². The Kier molecular flexibility index (Phi) is 4.20. The van der Waals surface area contributed by atoms with Gasteiger partial charge < -0.3 is 4.74 Å². The van der Waals surface area contributed by atoms with Gasteiger partial charge in [-0.3, -0.25) is 4.68 Å². The van der Waals surface area contributed by atoms with Crippen LogP contribution in [-0.4, -0.2) is 29.6 Å². The lowest BCUT2D eigenvalue weighted by molar-refractivity contribution is 0.275. The highest BCUT2D eigenvalue weighted by Gasteiger charge is 2.16. The molecule has 0 fully saturated rings. The number of aryl methyl sites for hydroxylation is 2. The maximum atomic E-state index is 12.2. The van der Waals surface area contributed by atoms with E-state index in [-0.39, 0.29) is 17.8 Å². The second-order valence-electron chi connectivity index (χ2n) is 6.93. The number of rotatable bonds is 4. The minimum Gasteiger partial charge on any atom is -0.472 e. The predicted octanol–water partition coefficient (Wildman–Crippen LogP) is 1.80. The van der Waals surface area contributed by atoms with Gasteiger partial charge in [-0.05, 0) is 49.8 Å². The Balaban J connectivity index is 1.89. The lowest BCUT2D eigenvalue weighted by Gasteiger charge is -2.18. The van der Waals surface area contributed by atoms with Gasteiger partial charge in [-0.2, -0.15) is 9.36 Å². The third kappa shape index (κ3) is 3.33. The van der Waals surface area contributed by atoms with Crippen LogP contribution < -0.4 is 10.4 Å². The van der Waals surface area contributed by atoms with Crippen molar-refractivity contribution in [1.29, 1.82) is 0 Å². The zero-order valence-electron chi connectivity index (χ0n) is 15.1. The molecule has 0 atom stereocenters. The molecule has 0 spiro atoms. The van der Waals surface area contributed by atoms with Crippen LogP contribution in [0.25, 0.3) is 5.69 Å². The van der Waals surface area contributed by atoms with E-state index in [1.165, 1.54) is 9.36 Å². The molecule has 25 heavy (non-hydrogen) atoms. The number of tetrazole rings is 1. The van der Waals surface area contributed by atoms with Crippen molar-refractivity contribution >= 4 is 0 Å². The summed E-state index contributed by atoms with van der Waals surface area (Å²) >= 11 is 0. The first-order valence-electron chi connectivity index (χ1n) is 8.04. The Morgan fingerprint density at radius 3 is 2.52 bits per heavy atom. The van der Waals surface area contributed by atoms with Crippen LogP contribution in [0.15, 0.2) is 35.3 Å². The molecule has 0 saturated heterocycles. The number of hydrogen-bond donors (Lipinski definition) is 0. The van der Waals surface area contributed by atoms with Crippen molar-refractivity contribution in [2.45, 2.75) is 39.8 Å². The molecule has 0 N–H and O–H groups in total. The van der Waals surface area contributed by atoms with E-state index in [1.807, 2.05) is 42.1 Å². The van der Waals surface area contributed by atoms with Crippen molar-refractivity contribution in [1.82, 2.24) is 29.6 Å². The first kappa shape index (κ1) is 16.9. The van der Waals surface area contributed by atoms with Crippen molar-refractivity contribution in [2.75, 3.05) is 0 Å². The lowest BCUT2D eigenvalue weighted by atomic mass is 10.1. The van der Waals surface area contributed by atoms with Gasteiger partial charge in [0.2, 0.25) is 5.88 Å². The van der Waals surface area contributed by atoms with Crippen molar-refractivity contribution in [2.24, 2.45) is 7.05 Å². The molecule has 8 nitrogen and oxygen atoms in total. The van der Waals surface area contributed by atoms with Crippen LogP contribution in [0.4, 0.5) is 0 Å². The summed E-state index contributed by atoms with van der Waals surface area (Å²) in [4.78, 5) is 12.2. The predicted molar refractivity (Wildman–Crippen MR) is 92.9 cm³/mol.